The van der Waals surface area contributed by atoms with Crippen molar-refractivity contribution in [1.29, 1.82) is 0 Å². The number of carbonyl (C=O) groups excluding carboxylic acids is 1. The van der Waals surface area contributed by atoms with Gasteiger partial charge in [-0.25, -0.2) is 0 Å². The highest BCUT2D eigenvalue weighted by Gasteiger charge is 2.43. The summed E-state index contributed by atoms with van der Waals surface area (Å²) >= 11 is 0. The van der Waals surface area contributed by atoms with Gasteiger partial charge < -0.3 is 14.8 Å². The van der Waals surface area contributed by atoms with Crippen LogP contribution in [0.15, 0.2) is 12.4 Å². The predicted molar refractivity (Wildman–Crippen MR) is 81.4 cm³/mol. The molecule has 0 radical (unpaired) electrons. The van der Waals surface area contributed by atoms with Gasteiger partial charge in [-0.05, 0) is 25.7 Å². The lowest BCUT2D eigenvalue weighted by atomic mass is 9.86. The van der Waals surface area contributed by atoms with Crippen LogP contribution in [0.5, 0.6) is 0 Å². The van der Waals surface area contributed by atoms with E-state index in [1.165, 1.54) is 0 Å². The van der Waals surface area contributed by atoms with Crippen LogP contribution in [0.4, 0.5) is 0 Å². The highest BCUT2D eigenvalue weighted by Crippen LogP contribution is 2.39. The molecule has 1 spiro atoms. The van der Waals surface area contributed by atoms with E-state index in [1.807, 2.05) is 6.92 Å². The van der Waals surface area contributed by atoms with Crippen LogP contribution in [0.2, 0.25) is 0 Å². The van der Waals surface area contributed by atoms with Crippen LogP contribution in [0, 0.1) is 5.92 Å². The van der Waals surface area contributed by atoms with E-state index in [4.69, 9.17) is 9.47 Å². The number of hydrogen-bond donors (Lipinski definition) is 1. The maximum absolute atomic E-state index is 12.1. The van der Waals surface area contributed by atoms with E-state index in [0.29, 0.717) is 18.7 Å². The van der Waals surface area contributed by atoms with Gasteiger partial charge in [0.15, 0.2) is 5.79 Å². The smallest absolute Gasteiger partial charge is 0.254 e. The van der Waals surface area contributed by atoms with E-state index in [9.17, 15) is 4.79 Å². The minimum atomic E-state index is -0.394. The summed E-state index contributed by atoms with van der Waals surface area (Å²) in [5.74, 6) is 0.253. The lowest BCUT2D eigenvalue weighted by Crippen LogP contribution is -2.38. The average molecular weight is 307 g/mol. The van der Waals surface area contributed by atoms with Crippen molar-refractivity contribution < 1.29 is 14.3 Å². The summed E-state index contributed by atoms with van der Waals surface area (Å²) in [4.78, 5) is 12.1. The van der Waals surface area contributed by atoms with E-state index >= 15 is 0 Å². The first kappa shape index (κ1) is 15.5. The number of ether oxygens (including phenoxy) is 2. The highest BCUT2D eigenvalue weighted by molar-refractivity contribution is 5.93. The number of nitrogens with one attached hydrogen (secondary N) is 1. The first-order chi connectivity index (χ1) is 10.6. The molecule has 1 aromatic heterocycles. The van der Waals surface area contributed by atoms with Crippen LogP contribution in [0.1, 0.15) is 49.9 Å². The number of rotatable bonds is 4. The molecule has 6 heteroatoms. The molecule has 0 aromatic carbocycles. The number of aromatic nitrogens is 2. The molecule has 0 bridgehead atoms. The number of amides is 1. The molecular weight excluding hydrogens is 282 g/mol. The van der Waals surface area contributed by atoms with Crippen molar-refractivity contribution in [2.75, 3.05) is 13.2 Å². The number of nitrogens with zero attached hydrogens (tertiary/aromatic N) is 2. The van der Waals surface area contributed by atoms with Crippen molar-refractivity contribution in [1.82, 2.24) is 15.1 Å². The van der Waals surface area contributed by atoms with Crippen molar-refractivity contribution in [3.8, 4) is 0 Å². The third-order valence-electron chi connectivity index (χ3n) is 4.66. The largest absolute Gasteiger partial charge is 0.349 e. The molecule has 3 rings (SSSR count). The van der Waals surface area contributed by atoms with Gasteiger partial charge in [0, 0.05) is 32.1 Å². The molecular formula is C16H25N3O3. The summed E-state index contributed by atoms with van der Waals surface area (Å²) in [6.45, 7) is 6.06. The normalized spacial score (nSPS) is 31.5. The lowest BCUT2D eigenvalue weighted by molar-refractivity contribution is -0.191. The van der Waals surface area contributed by atoms with Crippen molar-refractivity contribution in [3.05, 3.63) is 18.0 Å². The number of carbonyl (C=O) groups is 1. The van der Waals surface area contributed by atoms with Gasteiger partial charge in [0.25, 0.3) is 5.91 Å². The monoisotopic (exact) mass is 307 g/mol. The first-order valence-corrected chi connectivity index (χ1v) is 8.22. The van der Waals surface area contributed by atoms with Gasteiger partial charge in [-0.1, -0.05) is 6.92 Å². The Labute approximate surface area is 131 Å². The Morgan fingerprint density at radius 1 is 1.50 bits per heavy atom. The number of aryl methyl sites for hydroxylation is 1. The summed E-state index contributed by atoms with van der Waals surface area (Å²) in [5, 5.41) is 7.02. The Bertz CT molecular complexity index is 520. The van der Waals surface area contributed by atoms with Crippen molar-refractivity contribution in [2.24, 2.45) is 5.92 Å². The minimum absolute atomic E-state index is 0.0569. The molecule has 22 heavy (non-hydrogen) atoms. The fourth-order valence-electron chi connectivity index (χ4n) is 3.14. The zero-order chi connectivity index (χ0) is 15.6. The third kappa shape index (κ3) is 3.33. The van der Waals surface area contributed by atoms with E-state index in [2.05, 4.69) is 17.3 Å². The Kier molecular flexibility index (Phi) is 4.49. The molecule has 6 nitrogen and oxygen atoms in total. The Morgan fingerprint density at radius 2 is 2.27 bits per heavy atom. The molecule has 122 valence electrons. The first-order valence-electron chi connectivity index (χ1n) is 8.22. The Hall–Kier alpha value is -1.40. The predicted octanol–water partition coefficient (Wildman–Crippen LogP) is 1.95. The Morgan fingerprint density at radius 3 is 2.95 bits per heavy atom. The minimum Gasteiger partial charge on any atom is -0.349 e. The van der Waals surface area contributed by atoms with E-state index in [0.717, 1.165) is 38.1 Å². The molecule has 1 aromatic rings. The van der Waals surface area contributed by atoms with Gasteiger partial charge >= 0.3 is 0 Å². The van der Waals surface area contributed by atoms with E-state index in [-0.39, 0.29) is 12.0 Å². The maximum Gasteiger partial charge on any atom is 0.254 e. The molecule has 2 aliphatic rings. The standard InChI is InChI=1S/C16H25N3O3/c1-3-19-10-13(8-18-19)15(20)17-9-14-11-21-16(22-14)6-4-12(2)5-7-16/h8,10,12,14H,3-7,9,11H2,1-2H3,(H,17,20)/t12?,14-,16?/m1/s1. The van der Waals surface area contributed by atoms with Crippen LogP contribution in [-0.4, -0.2) is 40.7 Å². The van der Waals surface area contributed by atoms with Gasteiger partial charge in [0.1, 0.15) is 6.10 Å². The van der Waals surface area contributed by atoms with Gasteiger partial charge in [-0.15, -0.1) is 0 Å². The van der Waals surface area contributed by atoms with Gasteiger partial charge in [-0.2, -0.15) is 5.10 Å². The molecule has 1 saturated carbocycles. The zero-order valence-corrected chi connectivity index (χ0v) is 13.4. The summed E-state index contributed by atoms with van der Waals surface area (Å²) in [5.41, 5.74) is 0.585. The lowest BCUT2D eigenvalue weighted by Gasteiger charge is -2.34. The molecule has 2 heterocycles. The molecule has 1 aliphatic heterocycles. The second-order valence-corrected chi connectivity index (χ2v) is 6.44. The topological polar surface area (TPSA) is 65.4 Å². The molecule has 0 unspecified atom stereocenters. The number of hydrogen-bond acceptors (Lipinski definition) is 4. The van der Waals surface area contributed by atoms with Crippen molar-refractivity contribution >= 4 is 5.91 Å². The van der Waals surface area contributed by atoms with Crippen LogP contribution in [0.3, 0.4) is 0 Å². The zero-order valence-electron chi connectivity index (χ0n) is 13.4. The summed E-state index contributed by atoms with van der Waals surface area (Å²) in [6, 6.07) is 0. The molecule has 1 atom stereocenters. The quantitative estimate of drug-likeness (QED) is 0.923. The third-order valence-corrected chi connectivity index (χ3v) is 4.66. The molecule has 1 saturated heterocycles. The van der Waals surface area contributed by atoms with E-state index < -0.39 is 5.79 Å². The van der Waals surface area contributed by atoms with Crippen molar-refractivity contribution in [3.63, 3.8) is 0 Å². The SMILES string of the molecule is CCn1cc(C(=O)NC[C@@H]2COC3(CCC(C)CC3)O2)cn1. The van der Waals surface area contributed by atoms with E-state index in [1.54, 1.807) is 17.1 Å². The van der Waals surface area contributed by atoms with Crippen molar-refractivity contribution in [2.45, 2.75) is 58.0 Å². The second-order valence-electron chi connectivity index (χ2n) is 6.44. The van der Waals surface area contributed by atoms with Crippen LogP contribution in [-0.2, 0) is 16.0 Å². The summed E-state index contributed by atoms with van der Waals surface area (Å²) in [6.07, 6.45) is 7.51. The van der Waals surface area contributed by atoms with Gasteiger partial charge in [-0.3, -0.25) is 9.48 Å². The molecule has 1 aliphatic carbocycles. The summed E-state index contributed by atoms with van der Waals surface area (Å²) < 4.78 is 13.7. The van der Waals surface area contributed by atoms with Crippen LogP contribution >= 0.6 is 0 Å². The summed E-state index contributed by atoms with van der Waals surface area (Å²) in [7, 11) is 0. The molecule has 2 fully saturated rings. The fourth-order valence-corrected chi connectivity index (χ4v) is 3.14. The van der Waals surface area contributed by atoms with Gasteiger partial charge in [0.2, 0.25) is 0 Å². The maximum atomic E-state index is 12.1. The molecule has 1 amide bonds. The highest BCUT2D eigenvalue weighted by atomic mass is 16.7. The average Bonchev–Trinajstić information content (AvgIpc) is 3.16. The van der Waals surface area contributed by atoms with Gasteiger partial charge in [0.05, 0.1) is 18.4 Å². The fraction of sp³-hybridized carbons (Fsp3) is 0.750. The Balaban J connectivity index is 1.47. The van der Waals surface area contributed by atoms with Crippen LogP contribution in [0.25, 0.3) is 0 Å². The van der Waals surface area contributed by atoms with Crippen LogP contribution < -0.4 is 5.32 Å². The second kappa shape index (κ2) is 6.38. The molecule has 1 N–H and O–H groups in total.